The maximum Gasteiger partial charge on any atom is 0.140 e. The molecule has 0 spiro atoms. The SMILES string of the molecule is N#Cc1cc(-c2nnn(Cc3ccccc3)c2Cc2ccccc2)ccc1F. The summed E-state index contributed by atoms with van der Waals surface area (Å²) in [4.78, 5) is 0. The molecule has 0 saturated carbocycles. The van der Waals surface area contributed by atoms with Gasteiger partial charge in [0.15, 0.2) is 0 Å². The predicted octanol–water partition coefficient (Wildman–Crippen LogP) is 4.59. The van der Waals surface area contributed by atoms with Gasteiger partial charge in [-0.15, -0.1) is 5.10 Å². The van der Waals surface area contributed by atoms with Crippen molar-refractivity contribution in [2.45, 2.75) is 13.0 Å². The summed E-state index contributed by atoms with van der Waals surface area (Å²) in [6.07, 6.45) is 0.634. The molecule has 4 rings (SSSR count). The van der Waals surface area contributed by atoms with E-state index < -0.39 is 5.82 Å². The zero-order chi connectivity index (χ0) is 19.3. The first-order valence-corrected chi connectivity index (χ1v) is 8.95. The number of nitriles is 1. The highest BCUT2D eigenvalue weighted by Gasteiger charge is 2.17. The van der Waals surface area contributed by atoms with Crippen LogP contribution in [-0.2, 0) is 13.0 Å². The van der Waals surface area contributed by atoms with E-state index in [-0.39, 0.29) is 5.56 Å². The lowest BCUT2D eigenvalue weighted by molar-refractivity contribution is 0.624. The van der Waals surface area contributed by atoms with Crippen LogP contribution >= 0.6 is 0 Å². The molecule has 5 heteroatoms. The molecule has 0 aliphatic rings. The van der Waals surface area contributed by atoms with Crippen LogP contribution in [0.1, 0.15) is 22.4 Å². The maximum absolute atomic E-state index is 13.8. The molecule has 0 radical (unpaired) electrons. The van der Waals surface area contributed by atoms with E-state index in [2.05, 4.69) is 22.4 Å². The second-order valence-corrected chi connectivity index (χ2v) is 6.50. The summed E-state index contributed by atoms with van der Waals surface area (Å²) in [6, 6.07) is 26.5. The minimum atomic E-state index is -0.535. The fraction of sp³-hybridized carbons (Fsp3) is 0.0870. The summed E-state index contributed by atoms with van der Waals surface area (Å²) >= 11 is 0. The molecule has 4 nitrogen and oxygen atoms in total. The van der Waals surface area contributed by atoms with Crippen molar-refractivity contribution < 1.29 is 4.39 Å². The Balaban J connectivity index is 1.79. The van der Waals surface area contributed by atoms with Gasteiger partial charge >= 0.3 is 0 Å². The lowest BCUT2D eigenvalue weighted by atomic mass is 10.0. The zero-order valence-corrected chi connectivity index (χ0v) is 15.1. The first-order chi connectivity index (χ1) is 13.7. The van der Waals surface area contributed by atoms with Crippen LogP contribution in [0.5, 0.6) is 0 Å². The third-order valence-corrected chi connectivity index (χ3v) is 4.59. The zero-order valence-electron chi connectivity index (χ0n) is 15.1. The van der Waals surface area contributed by atoms with E-state index in [4.69, 9.17) is 5.26 Å². The van der Waals surface area contributed by atoms with Crippen LogP contribution in [-0.4, -0.2) is 15.0 Å². The van der Waals surface area contributed by atoms with Crippen LogP contribution in [0.3, 0.4) is 0 Å². The Morgan fingerprint density at radius 2 is 1.57 bits per heavy atom. The van der Waals surface area contributed by atoms with Gasteiger partial charge in [0.2, 0.25) is 0 Å². The largest absolute Gasteiger partial charge is 0.244 e. The Bertz CT molecular complexity index is 1130. The van der Waals surface area contributed by atoms with E-state index in [0.717, 1.165) is 16.8 Å². The Morgan fingerprint density at radius 1 is 0.893 bits per heavy atom. The predicted molar refractivity (Wildman–Crippen MR) is 105 cm³/mol. The number of benzene rings is 3. The van der Waals surface area contributed by atoms with Gasteiger partial charge in [0.25, 0.3) is 0 Å². The number of rotatable bonds is 5. The standard InChI is InChI=1S/C23H17FN4/c24-21-12-11-19(14-20(21)15-25)23-22(13-17-7-3-1-4-8-17)28(27-26-23)16-18-9-5-2-6-10-18/h1-12,14H,13,16H2. The molecule has 1 aromatic heterocycles. The van der Waals surface area contributed by atoms with E-state index in [9.17, 15) is 4.39 Å². The molecule has 0 saturated heterocycles. The highest BCUT2D eigenvalue weighted by Crippen LogP contribution is 2.26. The van der Waals surface area contributed by atoms with Gasteiger partial charge in [-0.05, 0) is 29.3 Å². The van der Waals surface area contributed by atoms with E-state index in [0.29, 0.717) is 24.2 Å². The molecule has 4 aromatic rings. The maximum atomic E-state index is 13.8. The molecule has 1 heterocycles. The minimum Gasteiger partial charge on any atom is -0.244 e. The second-order valence-electron chi connectivity index (χ2n) is 6.50. The van der Waals surface area contributed by atoms with Gasteiger partial charge in [-0.3, -0.25) is 0 Å². The van der Waals surface area contributed by atoms with Crippen molar-refractivity contribution in [3.05, 3.63) is 107 Å². The first-order valence-electron chi connectivity index (χ1n) is 8.95. The van der Waals surface area contributed by atoms with Crippen molar-refractivity contribution in [2.75, 3.05) is 0 Å². The lowest BCUT2D eigenvalue weighted by Crippen LogP contribution is -2.07. The molecule has 0 amide bonds. The second kappa shape index (κ2) is 7.85. The summed E-state index contributed by atoms with van der Waals surface area (Å²) in [5.74, 6) is -0.535. The van der Waals surface area contributed by atoms with Crippen molar-refractivity contribution in [1.29, 1.82) is 5.26 Å². The quantitative estimate of drug-likeness (QED) is 0.517. The molecule has 0 N–H and O–H groups in total. The molecule has 0 aliphatic carbocycles. The summed E-state index contributed by atoms with van der Waals surface area (Å²) in [5.41, 5.74) is 4.51. The summed E-state index contributed by atoms with van der Waals surface area (Å²) in [5, 5.41) is 17.9. The van der Waals surface area contributed by atoms with Crippen LogP contribution < -0.4 is 0 Å². The third kappa shape index (κ3) is 3.67. The summed E-state index contributed by atoms with van der Waals surface area (Å²) in [6.45, 7) is 0.586. The molecular formula is C23H17FN4. The van der Waals surface area contributed by atoms with E-state index in [1.807, 2.05) is 59.3 Å². The van der Waals surface area contributed by atoms with Gasteiger partial charge in [0.1, 0.15) is 17.6 Å². The van der Waals surface area contributed by atoms with Gasteiger partial charge in [-0.25, -0.2) is 9.07 Å². The average Bonchev–Trinajstić information content (AvgIpc) is 3.12. The number of aromatic nitrogens is 3. The van der Waals surface area contributed by atoms with Gasteiger partial charge in [0.05, 0.1) is 17.8 Å². The minimum absolute atomic E-state index is 0.000713. The van der Waals surface area contributed by atoms with Crippen LogP contribution in [0.4, 0.5) is 4.39 Å². The van der Waals surface area contributed by atoms with Gasteiger partial charge in [-0.1, -0.05) is 65.9 Å². The normalized spacial score (nSPS) is 10.6. The average molecular weight is 368 g/mol. The molecule has 28 heavy (non-hydrogen) atoms. The Hall–Kier alpha value is -3.78. The van der Waals surface area contributed by atoms with E-state index in [1.165, 1.54) is 12.1 Å². The van der Waals surface area contributed by atoms with E-state index >= 15 is 0 Å². The highest BCUT2D eigenvalue weighted by atomic mass is 19.1. The topological polar surface area (TPSA) is 54.5 Å². The third-order valence-electron chi connectivity index (χ3n) is 4.59. The summed E-state index contributed by atoms with van der Waals surface area (Å²) in [7, 11) is 0. The monoisotopic (exact) mass is 368 g/mol. The van der Waals surface area contributed by atoms with Crippen molar-refractivity contribution in [2.24, 2.45) is 0 Å². The number of halogens is 1. The van der Waals surface area contributed by atoms with Crippen LogP contribution in [0.2, 0.25) is 0 Å². The molecule has 0 atom stereocenters. The van der Waals surface area contributed by atoms with Gasteiger partial charge in [-0.2, -0.15) is 5.26 Å². The van der Waals surface area contributed by atoms with Crippen molar-refractivity contribution in [3.8, 4) is 17.3 Å². The first kappa shape index (κ1) is 17.6. The molecule has 0 fully saturated rings. The van der Waals surface area contributed by atoms with Crippen LogP contribution in [0, 0.1) is 17.1 Å². The molecule has 0 unspecified atom stereocenters. The molecule has 3 aromatic carbocycles. The molecule has 136 valence electrons. The van der Waals surface area contributed by atoms with Gasteiger partial charge in [0, 0.05) is 12.0 Å². The number of hydrogen-bond acceptors (Lipinski definition) is 3. The fourth-order valence-corrected chi connectivity index (χ4v) is 3.16. The van der Waals surface area contributed by atoms with Crippen molar-refractivity contribution in [1.82, 2.24) is 15.0 Å². The van der Waals surface area contributed by atoms with E-state index in [1.54, 1.807) is 6.07 Å². The number of nitrogens with zero attached hydrogens (tertiary/aromatic N) is 4. The smallest absolute Gasteiger partial charge is 0.140 e. The number of hydrogen-bond donors (Lipinski definition) is 0. The Kier molecular flexibility index (Phi) is 4.94. The molecular weight excluding hydrogens is 351 g/mol. The Morgan fingerprint density at radius 3 is 2.25 bits per heavy atom. The van der Waals surface area contributed by atoms with Crippen molar-refractivity contribution in [3.63, 3.8) is 0 Å². The fourth-order valence-electron chi connectivity index (χ4n) is 3.16. The molecule has 0 bridgehead atoms. The van der Waals surface area contributed by atoms with Gasteiger partial charge < -0.3 is 0 Å². The lowest BCUT2D eigenvalue weighted by Gasteiger charge is -2.09. The van der Waals surface area contributed by atoms with Crippen LogP contribution in [0.25, 0.3) is 11.3 Å². The Labute approximate surface area is 162 Å². The van der Waals surface area contributed by atoms with Crippen molar-refractivity contribution >= 4 is 0 Å². The highest BCUT2D eigenvalue weighted by molar-refractivity contribution is 5.64. The van der Waals surface area contributed by atoms with Crippen LogP contribution in [0.15, 0.2) is 78.9 Å². The molecule has 0 aliphatic heterocycles. The summed E-state index contributed by atoms with van der Waals surface area (Å²) < 4.78 is 15.6.